The minimum absolute atomic E-state index is 0.0200. The third-order valence-electron chi connectivity index (χ3n) is 5.56. The third-order valence-corrected chi connectivity index (χ3v) is 5.56. The van der Waals surface area contributed by atoms with E-state index in [0.29, 0.717) is 30.8 Å². The number of carbonyl (C=O) groups excluding carboxylic acids is 1. The van der Waals surface area contributed by atoms with E-state index in [0.717, 1.165) is 41.5 Å². The van der Waals surface area contributed by atoms with Crippen LogP contribution in [-0.4, -0.2) is 30.5 Å². The molecule has 27 heavy (non-hydrogen) atoms. The van der Waals surface area contributed by atoms with E-state index in [1.165, 1.54) is 6.42 Å². The molecule has 2 fully saturated rings. The largest absolute Gasteiger partial charge is 0.495 e. The number of hydrogen-bond donors (Lipinski definition) is 1. The van der Waals surface area contributed by atoms with Gasteiger partial charge in [0.1, 0.15) is 17.3 Å². The molecule has 144 valence electrons. The van der Waals surface area contributed by atoms with E-state index >= 15 is 0 Å². The lowest BCUT2D eigenvalue weighted by atomic mass is 10.2. The molecule has 1 aromatic heterocycles. The number of carbonyl (C=O) groups is 1. The molecule has 1 heterocycles. The van der Waals surface area contributed by atoms with Crippen LogP contribution in [0.15, 0.2) is 34.7 Å². The van der Waals surface area contributed by atoms with Crippen molar-refractivity contribution in [3.8, 4) is 5.75 Å². The van der Waals surface area contributed by atoms with Gasteiger partial charge in [0.2, 0.25) is 5.91 Å². The fourth-order valence-electron chi connectivity index (χ4n) is 3.64. The Kier molecular flexibility index (Phi) is 4.96. The van der Waals surface area contributed by atoms with E-state index in [4.69, 9.17) is 9.15 Å². The Morgan fingerprint density at radius 3 is 2.74 bits per heavy atom. The lowest BCUT2D eigenvalue weighted by molar-refractivity contribution is -0.117. The Labute approximate surface area is 160 Å². The first-order valence-electron chi connectivity index (χ1n) is 9.80. The second kappa shape index (κ2) is 7.39. The van der Waals surface area contributed by atoms with Crippen LogP contribution in [0.25, 0.3) is 0 Å². The van der Waals surface area contributed by atoms with Crippen LogP contribution in [-0.2, 0) is 11.3 Å². The predicted octanol–water partition coefficient (Wildman–Crippen LogP) is 4.32. The number of hydrogen-bond acceptors (Lipinski definition) is 4. The van der Waals surface area contributed by atoms with Crippen molar-refractivity contribution in [2.24, 2.45) is 5.92 Å². The summed E-state index contributed by atoms with van der Waals surface area (Å²) in [5.74, 6) is 4.04. The van der Waals surface area contributed by atoms with Crippen LogP contribution in [0.3, 0.4) is 0 Å². The summed E-state index contributed by atoms with van der Waals surface area (Å²) >= 11 is 0. The zero-order chi connectivity index (χ0) is 19.0. The van der Waals surface area contributed by atoms with Crippen LogP contribution in [0, 0.1) is 12.8 Å². The third kappa shape index (κ3) is 4.35. The molecule has 1 N–H and O–H groups in total. The number of aryl methyl sites for hydroxylation is 1. The first kappa shape index (κ1) is 18.1. The molecule has 2 saturated carbocycles. The Bertz CT molecular complexity index is 825. The summed E-state index contributed by atoms with van der Waals surface area (Å²) < 4.78 is 11.4. The van der Waals surface area contributed by atoms with Gasteiger partial charge in [-0.2, -0.15) is 0 Å². The summed E-state index contributed by atoms with van der Waals surface area (Å²) in [4.78, 5) is 14.9. The number of nitrogens with zero attached hydrogens (tertiary/aromatic N) is 1. The number of nitrogens with one attached hydrogen (secondary N) is 1. The number of rotatable bonds is 8. The normalized spacial score (nSPS) is 21.3. The highest BCUT2D eigenvalue weighted by atomic mass is 16.5. The lowest BCUT2D eigenvalue weighted by Crippen LogP contribution is -2.34. The van der Waals surface area contributed by atoms with Crippen molar-refractivity contribution < 1.29 is 13.9 Å². The quantitative estimate of drug-likeness (QED) is 0.754. The lowest BCUT2D eigenvalue weighted by Gasteiger charge is -2.20. The van der Waals surface area contributed by atoms with Gasteiger partial charge in [-0.05, 0) is 61.9 Å². The van der Waals surface area contributed by atoms with Gasteiger partial charge >= 0.3 is 0 Å². The van der Waals surface area contributed by atoms with Gasteiger partial charge in [0.25, 0.3) is 0 Å². The fourth-order valence-corrected chi connectivity index (χ4v) is 3.64. The molecule has 1 aromatic carbocycles. The number of furan rings is 1. The van der Waals surface area contributed by atoms with Crippen molar-refractivity contribution in [2.75, 3.05) is 19.0 Å². The van der Waals surface area contributed by atoms with E-state index in [1.807, 2.05) is 25.1 Å². The molecule has 2 unspecified atom stereocenters. The van der Waals surface area contributed by atoms with Crippen molar-refractivity contribution in [1.29, 1.82) is 0 Å². The molecule has 2 aliphatic carbocycles. The molecule has 4 rings (SSSR count). The zero-order valence-electron chi connectivity index (χ0n) is 16.3. The van der Waals surface area contributed by atoms with Crippen LogP contribution < -0.4 is 10.1 Å². The summed E-state index contributed by atoms with van der Waals surface area (Å²) in [5.41, 5.74) is 1.81. The molecule has 0 bridgehead atoms. The van der Waals surface area contributed by atoms with Gasteiger partial charge in [0, 0.05) is 12.0 Å². The van der Waals surface area contributed by atoms with Crippen molar-refractivity contribution in [1.82, 2.24) is 4.90 Å². The monoisotopic (exact) mass is 368 g/mol. The van der Waals surface area contributed by atoms with Crippen LogP contribution in [0.1, 0.15) is 49.2 Å². The maximum absolute atomic E-state index is 12.7. The first-order valence-corrected chi connectivity index (χ1v) is 9.80. The highest BCUT2D eigenvalue weighted by molar-refractivity contribution is 5.93. The molecule has 0 spiro atoms. The van der Waals surface area contributed by atoms with Gasteiger partial charge in [-0.1, -0.05) is 13.0 Å². The van der Waals surface area contributed by atoms with E-state index in [9.17, 15) is 4.79 Å². The van der Waals surface area contributed by atoms with E-state index in [1.54, 1.807) is 7.11 Å². The van der Waals surface area contributed by atoms with Crippen LogP contribution in [0.2, 0.25) is 0 Å². The summed E-state index contributed by atoms with van der Waals surface area (Å²) in [5, 5.41) is 3.00. The SMILES string of the molecule is COc1ccc(C)cc1NC(=O)CN(Cc1ccc(C2CC2C)o1)C1CC1. The predicted molar refractivity (Wildman–Crippen MR) is 105 cm³/mol. The van der Waals surface area contributed by atoms with E-state index in [2.05, 4.69) is 29.3 Å². The minimum atomic E-state index is -0.0200. The standard InChI is InChI=1S/C22H28N2O3/c1-14-4-8-21(26-3)19(10-14)23-22(25)13-24(16-5-6-16)12-17-7-9-20(27-17)18-11-15(18)2/h4,7-10,15-16,18H,5-6,11-13H2,1-3H3,(H,23,25). The Hall–Kier alpha value is -2.27. The molecule has 0 radical (unpaired) electrons. The van der Waals surface area contributed by atoms with Gasteiger partial charge in [0.05, 0.1) is 25.9 Å². The number of benzene rings is 1. The second-order valence-corrected chi connectivity index (χ2v) is 8.01. The molecular formula is C22H28N2O3. The van der Waals surface area contributed by atoms with Crippen LogP contribution in [0.5, 0.6) is 5.75 Å². The molecule has 0 saturated heterocycles. The summed E-state index contributed by atoms with van der Waals surface area (Å²) in [6, 6.07) is 10.4. The maximum Gasteiger partial charge on any atom is 0.238 e. The second-order valence-electron chi connectivity index (χ2n) is 8.01. The number of anilines is 1. The average molecular weight is 368 g/mol. The molecule has 1 amide bonds. The Morgan fingerprint density at radius 1 is 1.30 bits per heavy atom. The minimum Gasteiger partial charge on any atom is -0.495 e. The Balaban J connectivity index is 1.39. The molecule has 0 aliphatic heterocycles. The maximum atomic E-state index is 12.7. The molecular weight excluding hydrogens is 340 g/mol. The number of ether oxygens (including phenoxy) is 1. The van der Waals surface area contributed by atoms with Gasteiger partial charge < -0.3 is 14.5 Å². The van der Waals surface area contributed by atoms with Gasteiger partial charge in [-0.3, -0.25) is 9.69 Å². The number of methoxy groups -OCH3 is 1. The molecule has 2 aliphatic rings. The highest BCUT2D eigenvalue weighted by Gasteiger charge is 2.37. The van der Waals surface area contributed by atoms with Crippen LogP contribution in [0.4, 0.5) is 5.69 Å². The summed E-state index contributed by atoms with van der Waals surface area (Å²) in [7, 11) is 1.62. The molecule has 5 nitrogen and oxygen atoms in total. The summed E-state index contributed by atoms with van der Waals surface area (Å²) in [6.07, 6.45) is 3.52. The summed E-state index contributed by atoms with van der Waals surface area (Å²) in [6.45, 7) is 5.30. The highest BCUT2D eigenvalue weighted by Crippen LogP contribution is 2.47. The van der Waals surface area contributed by atoms with E-state index < -0.39 is 0 Å². The van der Waals surface area contributed by atoms with Crippen molar-refractivity contribution in [2.45, 2.75) is 51.6 Å². The van der Waals surface area contributed by atoms with Gasteiger partial charge in [-0.25, -0.2) is 0 Å². The number of amides is 1. The molecule has 2 atom stereocenters. The molecule has 5 heteroatoms. The first-order chi connectivity index (χ1) is 13.0. The van der Waals surface area contributed by atoms with Crippen molar-refractivity contribution >= 4 is 11.6 Å². The molecule has 2 aromatic rings. The average Bonchev–Trinajstić information content (AvgIpc) is 3.55. The van der Waals surface area contributed by atoms with Gasteiger partial charge in [0.15, 0.2) is 0 Å². The smallest absolute Gasteiger partial charge is 0.238 e. The topological polar surface area (TPSA) is 54.7 Å². The van der Waals surface area contributed by atoms with Crippen molar-refractivity contribution in [3.05, 3.63) is 47.4 Å². The van der Waals surface area contributed by atoms with Crippen molar-refractivity contribution in [3.63, 3.8) is 0 Å². The fraction of sp³-hybridized carbons (Fsp3) is 0.500. The zero-order valence-corrected chi connectivity index (χ0v) is 16.3. The van der Waals surface area contributed by atoms with Crippen LogP contribution >= 0.6 is 0 Å². The Morgan fingerprint density at radius 2 is 2.07 bits per heavy atom. The van der Waals surface area contributed by atoms with E-state index in [-0.39, 0.29) is 5.91 Å². The van der Waals surface area contributed by atoms with Gasteiger partial charge in [-0.15, -0.1) is 0 Å².